The van der Waals surface area contributed by atoms with Gasteiger partial charge in [-0.1, -0.05) is 35.3 Å². The third-order valence-electron chi connectivity index (χ3n) is 5.37. The van der Waals surface area contributed by atoms with Crippen LogP contribution in [0, 0.1) is 0 Å². The van der Waals surface area contributed by atoms with E-state index in [9.17, 15) is 18.0 Å². The van der Waals surface area contributed by atoms with Crippen LogP contribution in [0.2, 0.25) is 10.0 Å². The van der Waals surface area contributed by atoms with Crippen LogP contribution < -0.4 is 10.2 Å². The molecule has 2 aliphatic heterocycles. The number of hydrogen-bond acceptors (Lipinski definition) is 5. The van der Waals surface area contributed by atoms with E-state index in [1.807, 2.05) is 0 Å². The normalized spacial score (nSPS) is 17.6. The molecule has 0 radical (unpaired) electrons. The number of amides is 2. The second-order valence-corrected chi connectivity index (χ2v) is 10.1. The highest BCUT2D eigenvalue weighted by atomic mass is 35.5. The van der Waals surface area contributed by atoms with Gasteiger partial charge in [0.2, 0.25) is 15.9 Å². The summed E-state index contributed by atoms with van der Waals surface area (Å²) in [6, 6.07) is 9.37. The Morgan fingerprint density at radius 1 is 1.03 bits per heavy atom. The average Bonchev–Trinajstić information content (AvgIpc) is 3.20. The monoisotopic (exact) mass is 497 g/mol. The smallest absolute Gasteiger partial charge is 0.257 e. The van der Waals surface area contributed by atoms with Gasteiger partial charge in [0.05, 0.1) is 40.2 Å². The number of para-hydroxylation sites is 2. The van der Waals surface area contributed by atoms with Gasteiger partial charge in [-0.05, 0) is 30.7 Å². The Balaban J connectivity index is 1.66. The van der Waals surface area contributed by atoms with Gasteiger partial charge in [0, 0.05) is 26.1 Å². The van der Waals surface area contributed by atoms with Gasteiger partial charge in [0.15, 0.2) is 0 Å². The summed E-state index contributed by atoms with van der Waals surface area (Å²) >= 11 is 12.5. The molecule has 4 rings (SSSR count). The lowest BCUT2D eigenvalue weighted by molar-refractivity contribution is -0.117. The molecular formula is C21H21Cl2N3O5S. The molecule has 0 unspecified atom stereocenters. The van der Waals surface area contributed by atoms with Crippen LogP contribution in [0.4, 0.5) is 11.4 Å². The van der Waals surface area contributed by atoms with Gasteiger partial charge < -0.3 is 15.0 Å². The summed E-state index contributed by atoms with van der Waals surface area (Å²) in [5.74, 6) is -0.626. The Hall–Kier alpha value is -2.17. The highest BCUT2D eigenvalue weighted by Crippen LogP contribution is 2.33. The van der Waals surface area contributed by atoms with Gasteiger partial charge in [0.25, 0.3) is 5.91 Å². The van der Waals surface area contributed by atoms with Crippen molar-refractivity contribution < 1.29 is 22.7 Å². The number of halogens is 2. The number of nitrogens with one attached hydrogen (secondary N) is 1. The quantitative estimate of drug-likeness (QED) is 0.682. The molecule has 0 saturated carbocycles. The van der Waals surface area contributed by atoms with E-state index in [1.54, 1.807) is 29.2 Å². The summed E-state index contributed by atoms with van der Waals surface area (Å²) in [6.07, 6.45) is 1.20. The van der Waals surface area contributed by atoms with Crippen LogP contribution in [0.25, 0.3) is 0 Å². The summed E-state index contributed by atoms with van der Waals surface area (Å²) < 4.78 is 32.6. The van der Waals surface area contributed by atoms with E-state index >= 15 is 0 Å². The zero-order chi connectivity index (χ0) is 22.9. The van der Waals surface area contributed by atoms with Crippen molar-refractivity contribution in [2.75, 3.05) is 43.1 Å². The predicted molar refractivity (Wildman–Crippen MR) is 122 cm³/mol. The lowest BCUT2D eigenvalue weighted by Gasteiger charge is -2.26. The minimum Gasteiger partial charge on any atom is -0.379 e. The van der Waals surface area contributed by atoms with E-state index in [0.717, 1.165) is 6.42 Å². The number of benzene rings is 2. The van der Waals surface area contributed by atoms with E-state index in [-0.39, 0.29) is 52.7 Å². The molecule has 2 aromatic carbocycles. The van der Waals surface area contributed by atoms with E-state index < -0.39 is 15.9 Å². The molecule has 0 aromatic heterocycles. The molecule has 0 bridgehead atoms. The first-order valence-electron chi connectivity index (χ1n) is 10.1. The minimum absolute atomic E-state index is 0.0168. The summed E-state index contributed by atoms with van der Waals surface area (Å²) in [4.78, 5) is 26.7. The van der Waals surface area contributed by atoms with Gasteiger partial charge in [-0.25, -0.2) is 8.42 Å². The zero-order valence-electron chi connectivity index (χ0n) is 17.0. The number of anilines is 2. The third-order valence-corrected chi connectivity index (χ3v) is 8.05. The minimum atomic E-state index is -3.94. The van der Waals surface area contributed by atoms with E-state index in [2.05, 4.69) is 5.32 Å². The Labute approximate surface area is 196 Å². The molecule has 2 fully saturated rings. The number of hydrogen-bond donors (Lipinski definition) is 1. The molecule has 8 nitrogen and oxygen atoms in total. The van der Waals surface area contributed by atoms with Crippen LogP contribution in [-0.2, 0) is 19.6 Å². The van der Waals surface area contributed by atoms with E-state index in [0.29, 0.717) is 24.3 Å². The molecule has 1 N–H and O–H groups in total. The number of ether oxygens (including phenoxy) is 1. The molecule has 2 heterocycles. The predicted octanol–water partition coefficient (Wildman–Crippen LogP) is 3.39. The Kier molecular flexibility index (Phi) is 6.73. The van der Waals surface area contributed by atoms with Crippen molar-refractivity contribution in [3.05, 3.63) is 52.0 Å². The van der Waals surface area contributed by atoms with Crippen LogP contribution in [-0.4, -0.2) is 57.4 Å². The largest absolute Gasteiger partial charge is 0.379 e. The first-order valence-corrected chi connectivity index (χ1v) is 12.3. The third kappa shape index (κ3) is 4.49. The Morgan fingerprint density at radius 3 is 2.44 bits per heavy atom. The SMILES string of the molecule is O=C(Nc1ccccc1N1CCCC1=O)c1cc(S(=O)(=O)N2CCOCC2)c(Cl)cc1Cl. The zero-order valence-corrected chi connectivity index (χ0v) is 19.3. The Morgan fingerprint density at radius 2 is 1.75 bits per heavy atom. The second-order valence-electron chi connectivity index (χ2n) is 7.40. The molecule has 11 heteroatoms. The fourth-order valence-corrected chi connectivity index (χ4v) is 5.98. The van der Waals surface area contributed by atoms with E-state index in [4.69, 9.17) is 27.9 Å². The number of rotatable bonds is 5. The fraction of sp³-hybridized carbons (Fsp3) is 0.333. The molecule has 2 amide bonds. The summed E-state index contributed by atoms with van der Waals surface area (Å²) in [5, 5.41) is 2.70. The standard InChI is InChI=1S/C21H21Cl2N3O5S/c22-15-13-16(23)19(32(29,30)25-8-10-31-11-9-25)12-14(15)21(28)24-17-4-1-2-5-18(17)26-7-3-6-20(26)27/h1-2,4-5,12-13H,3,6-11H2,(H,24,28). The summed E-state index contributed by atoms with van der Waals surface area (Å²) in [5.41, 5.74) is 0.969. The molecule has 170 valence electrons. The van der Waals surface area contributed by atoms with Crippen molar-refractivity contribution >= 4 is 56.4 Å². The highest BCUT2D eigenvalue weighted by molar-refractivity contribution is 7.89. The van der Waals surface area contributed by atoms with Crippen molar-refractivity contribution in [1.29, 1.82) is 0 Å². The molecule has 0 spiro atoms. The molecule has 0 aliphatic carbocycles. The van der Waals surface area contributed by atoms with Gasteiger partial charge in [0.1, 0.15) is 4.90 Å². The van der Waals surface area contributed by atoms with Crippen LogP contribution in [0.15, 0.2) is 41.3 Å². The van der Waals surface area contributed by atoms with Gasteiger partial charge in [-0.3, -0.25) is 9.59 Å². The van der Waals surface area contributed by atoms with Crippen molar-refractivity contribution in [1.82, 2.24) is 4.31 Å². The van der Waals surface area contributed by atoms with E-state index in [1.165, 1.54) is 16.4 Å². The number of sulfonamides is 1. The molecule has 32 heavy (non-hydrogen) atoms. The first kappa shape index (κ1) is 23.0. The molecule has 2 saturated heterocycles. The van der Waals surface area contributed by atoms with Crippen molar-refractivity contribution in [3.8, 4) is 0 Å². The van der Waals surface area contributed by atoms with Crippen LogP contribution in [0.5, 0.6) is 0 Å². The van der Waals surface area contributed by atoms with Crippen molar-refractivity contribution in [2.24, 2.45) is 0 Å². The summed E-state index contributed by atoms with van der Waals surface area (Å²) in [7, 11) is -3.94. The number of nitrogens with zero attached hydrogens (tertiary/aromatic N) is 2. The number of carbonyl (C=O) groups is 2. The van der Waals surface area contributed by atoms with Crippen molar-refractivity contribution in [3.63, 3.8) is 0 Å². The number of carbonyl (C=O) groups excluding carboxylic acids is 2. The maximum atomic E-state index is 13.1. The summed E-state index contributed by atoms with van der Waals surface area (Å²) in [6.45, 7) is 1.52. The van der Waals surface area contributed by atoms with Crippen LogP contribution in [0.1, 0.15) is 23.2 Å². The molecule has 2 aromatic rings. The van der Waals surface area contributed by atoms with Crippen LogP contribution in [0.3, 0.4) is 0 Å². The molecule has 0 atom stereocenters. The van der Waals surface area contributed by atoms with Crippen LogP contribution >= 0.6 is 23.2 Å². The lowest BCUT2D eigenvalue weighted by atomic mass is 10.2. The topological polar surface area (TPSA) is 96.0 Å². The number of morpholine rings is 1. The van der Waals surface area contributed by atoms with Crippen molar-refractivity contribution in [2.45, 2.75) is 17.7 Å². The maximum absolute atomic E-state index is 13.1. The van der Waals surface area contributed by atoms with Gasteiger partial charge in [-0.15, -0.1) is 0 Å². The fourth-order valence-electron chi connectivity index (χ4n) is 3.73. The van der Waals surface area contributed by atoms with Gasteiger partial charge >= 0.3 is 0 Å². The molecular weight excluding hydrogens is 477 g/mol. The highest BCUT2D eigenvalue weighted by Gasteiger charge is 2.30. The maximum Gasteiger partial charge on any atom is 0.257 e. The Bertz CT molecular complexity index is 1170. The van der Waals surface area contributed by atoms with Gasteiger partial charge in [-0.2, -0.15) is 4.31 Å². The average molecular weight is 498 g/mol. The molecule has 2 aliphatic rings. The lowest BCUT2D eigenvalue weighted by Crippen LogP contribution is -2.40. The second kappa shape index (κ2) is 9.36. The first-order chi connectivity index (χ1) is 15.3.